The van der Waals surface area contributed by atoms with Crippen LogP contribution in [0.3, 0.4) is 0 Å². The lowest BCUT2D eigenvalue weighted by Crippen LogP contribution is -2.16. The zero-order chi connectivity index (χ0) is 49.0. The molecule has 0 aliphatic rings. The third-order valence-corrected chi connectivity index (χ3v) is 15.2. The fourth-order valence-electron chi connectivity index (χ4n) is 12.2. The van der Waals surface area contributed by atoms with Gasteiger partial charge in [0.25, 0.3) is 0 Å². The molecular formula is C68H40N6. The van der Waals surface area contributed by atoms with Gasteiger partial charge in [0.15, 0.2) is 5.69 Å². The van der Waals surface area contributed by atoms with E-state index >= 15 is 0 Å². The number of hydrogen-bond donors (Lipinski definition) is 0. The average molecular weight is 941 g/mol. The Morgan fingerprint density at radius 2 is 0.581 bits per heavy atom. The molecule has 0 fully saturated rings. The molecule has 6 heteroatoms. The van der Waals surface area contributed by atoms with E-state index in [1.807, 2.05) is 24.3 Å². The predicted octanol–water partition coefficient (Wildman–Crippen LogP) is 17.8. The Bertz CT molecular complexity index is 4530. The summed E-state index contributed by atoms with van der Waals surface area (Å²) in [4.78, 5) is 4.12. The van der Waals surface area contributed by atoms with E-state index in [4.69, 9.17) is 6.57 Å². The molecule has 11 aromatic carbocycles. The van der Waals surface area contributed by atoms with Gasteiger partial charge in [-0.3, -0.25) is 0 Å². The molecule has 0 amide bonds. The highest BCUT2D eigenvalue weighted by Gasteiger charge is 2.35. The number of fused-ring (bicyclic) bond motifs is 12. The van der Waals surface area contributed by atoms with Gasteiger partial charge in [-0.05, 0) is 77.9 Å². The number of nitrogens with zero attached hydrogens (tertiary/aromatic N) is 6. The molecule has 0 radical (unpaired) electrons. The Hall–Kier alpha value is -10.4. The van der Waals surface area contributed by atoms with Crippen molar-refractivity contribution in [3.8, 4) is 51.1 Å². The molecule has 4 aromatic heterocycles. The van der Waals surface area contributed by atoms with E-state index < -0.39 is 0 Å². The number of benzene rings is 11. The fourth-order valence-corrected chi connectivity index (χ4v) is 12.2. The molecule has 15 rings (SSSR count). The molecule has 4 heterocycles. The monoisotopic (exact) mass is 940 g/mol. The van der Waals surface area contributed by atoms with Crippen molar-refractivity contribution < 1.29 is 0 Å². The molecular weight excluding hydrogens is 901 g/mol. The summed E-state index contributed by atoms with van der Waals surface area (Å²) in [6.07, 6.45) is 0. The first-order chi connectivity index (χ1) is 36.7. The van der Waals surface area contributed by atoms with Crippen LogP contribution >= 0.6 is 0 Å². The predicted molar refractivity (Wildman–Crippen MR) is 306 cm³/mol. The molecule has 15 aromatic rings. The van der Waals surface area contributed by atoms with Crippen LogP contribution in [0.25, 0.3) is 137 Å². The largest absolute Gasteiger partial charge is 0.308 e. The zero-order valence-corrected chi connectivity index (χ0v) is 39.8. The quantitative estimate of drug-likeness (QED) is 0.153. The molecule has 0 unspecified atom stereocenters. The molecule has 0 aliphatic heterocycles. The van der Waals surface area contributed by atoms with Gasteiger partial charge in [-0.25, -0.2) is 4.85 Å². The summed E-state index contributed by atoms with van der Waals surface area (Å²) < 4.78 is 9.95. The van der Waals surface area contributed by atoms with Crippen LogP contribution in [-0.4, -0.2) is 18.3 Å². The summed E-state index contributed by atoms with van der Waals surface area (Å²) in [6.45, 7) is 8.54. The van der Waals surface area contributed by atoms with E-state index in [-0.39, 0.29) is 0 Å². The van der Waals surface area contributed by atoms with E-state index in [1.165, 1.54) is 0 Å². The minimum Gasteiger partial charge on any atom is -0.308 e. The molecule has 6 nitrogen and oxygen atoms in total. The number of para-hydroxylation sites is 8. The highest BCUT2D eigenvalue weighted by molar-refractivity contribution is 6.18. The Morgan fingerprint density at radius 3 is 0.905 bits per heavy atom. The number of rotatable bonds is 6. The van der Waals surface area contributed by atoms with E-state index in [9.17, 15) is 5.26 Å². The van der Waals surface area contributed by atoms with Crippen molar-refractivity contribution in [1.82, 2.24) is 18.3 Å². The molecule has 0 saturated carbocycles. The molecule has 0 bridgehead atoms. The van der Waals surface area contributed by atoms with Crippen LogP contribution in [0.1, 0.15) is 5.56 Å². The second-order valence-electron chi connectivity index (χ2n) is 19.0. The Balaban J connectivity index is 1.36. The van der Waals surface area contributed by atoms with Crippen LogP contribution in [0.5, 0.6) is 0 Å². The van der Waals surface area contributed by atoms with Gasteiger partial charge < -0.3 is 18.3 Å². The van der Waals surface area contributed by atoms with Crippen LogP contribution in [0.15, 0.2) is 243 Å². The van der Waals surface area contributed by atoms with Crippen LogP contribution in [0.2, 0.25) is 0 Å². The number of hydrogen-bond acceptors (Lipinski definition) is 1. The fraction of sp³-hybridized carbons (Fsp3) is 0. The van der Waals surface area contributed by atoms with Gasteiger partial charge in [-0.1, -0.05) is 176 Å². The topological polar surface area (TPSA) is 47.9 Å². The van der Waals surface area contributed by atoms with E-state index in [0.29, 0.717) is 11.3 Å². The van der Waals surface area contributed by atoms with Crippen molar-refractivity contribution in [1.29, 1.82) is 5.26 Å². The van der Waals surface area contributed by atoms with Crippen molar-refractivity contribution in [3.63, 3.8) is 0 Å². The minimum absolute atomic E-state index is 0.529. The Labute approximate surface area is 425 Å². The average Bonchev–Trinajstić information content (AvgIpc) is 4.19. The number of aromatic nitrogens is 4. The van der Waals surface area contributed by atoms with Crippen LogP contribution < -0.4 is 0 Å². The first-order valence-corrected chi connectivity index (χ1v) is 24.9. The Kier molecular flexibility index (Phi) is 8.99. The zero-order valence-electron chi connectivity index (χ0n) is 39.8. The van der Waals surface area contributed by atoms with Gasteiger partial charge in [0.1, 0.15) is 0 Å². The third-order valence-electron chi connectivity index (χ3n) is 15.2. The lowest BCUT2D eigenvalue weighted by atomic mass is 9.89. The first kappa shape index (κ1) is 41.4. The van der Waals surface area contributed by atoms with Crippen LogP contribution in [0.4, 0.5) is 5.69 Å². The van der Waals surface area contributed by atoms with Gasteiger partial charge >= 0.3 is 0 Å². The van der Waals surface area contributed by atoms with Crippen molar-refractivity contribution in [2.24, 2.45) is 0 Å². The maximum absolute atomic E-state index is 10.9. The molecule has 0 saturated heterocycles. The summed E-state index contributed by atoms with van der Waals surface area (Å²) in [5.74, 6) is 0. The first-order valence-electron chi connectivity index (χ1n) is 24.9. The summed E-state index contributed by atoms with van der Waals surface area (Å²) in [5.41, 5.74) is 16.7. The van der Waals surface area contributed by atoms with E-state index in [1.54, 1.807) is 0 Å². The summed E-state index contributed by atoms with van der Waals surface area (Å²) in [6, 6.07) is 88.7. The van der Waals surface area contributed by atoms with Crippen LogP contribution in [0, 0.1) is 17.9 Å². The summed E-state index contributed by atoms with van der Waals surface area (Å²) in [5, 5.41) is 19.9. The van der Waals surface area contributed by atoms with Gasteiger partial charge in [0.2, 0.25) is 0 Å². The van der Waals surface area contributed by atoms with Crippen molar-refractivity contribution in [2.75, 3.05) is 0 Å². The van der Waals surface area contributed by atoms with Gasteiger partial charge in [-0.2, -0.15) is 5.26 Å². The highest BCUT2D eigenvalue weighted by atomic mass is 15.1. The molecule has 74 heavy (non-hydrogen) atoms. The van der Waals surface area contributed by atoms with Crippen LogP contribution in [-0.2, 0) is 0 Å². The highest BCUT2D eigenvalue weighted by Crippen LogP contribution is 2.54. The SMILES string of the molecule is [C-]#[N+]c1cccc(-c2c(-n3c4ccccc4c4ccccc43)c(-c3cccc(C#N)c3)c(-n3c4ccccc4c4ccccc43)c(-n3c4ccccc4c4ccccc43)c2-n2c3ccccc3c3ccccc32)c1. The lowest BCUT2D eigenvalue weighted by Gasteiger charge is -2.31. The maximum Gasteiger partial charge on any atom is 0.187 e. The second-order valence-corrected chi connectivity index (χ2v) is 19.0. The molecule has 0 atom stereocenters. The van der Waals surface area contributed by atoms with Gasteiger partial charge in [0.05, 0.1) is 85.1 Å². The molecule has 0 aliphatic carbocycles. The molecule has 342 valence electrons. The lowest BCUT2D eigenvalue weighted by molar-refractivity contribution is 1.04. The third kappa shape index (κ3) is 5.79. The molecule has 0 N–H and O–H groups in total. The second kappa shape index (κ2) is 16.1. The van der Waals surface area contributed by atoms with Crippen molar-refractivity contribution >= 4 is 92.9 Å². The van der Waals surface area contributed by atoms with E-state index in [0.717, 1.165) is 132 Å². The van der Waals surface area contributed by atoms with Crippen molar-refractivity contribution in [3.05, 3.63) is 260 Å². The summed E-state index contributed by atoms with van der Waals surface area (Å²) >= 11 is 0. The van der Waals surface area contributed by atoms with E-state index in [2.05, 4.69) is 248 Å². The molecule has 0 spiro atoms. The van der Waals surface area contributed by atoms with Gasteiger partial charge in [0, 0.05) is 54.2 Å². The maximum atomic E-state index is 10.9. The minimum atomic E-state index is 0.529. The van der Waals surface area contributed by atoms with Gasteiger partial charge in [-0.15, -0.1) is 0 Å². The normalized spacial score (nSPS) is 11.8. The Morgan fingerprint density at radius 1 is 0.297 bits per heavy atom. The summed E-state index contributed by atoms with van der Waals surface area (Å²) in [7, 11) is 0. The smallest absolute Gasteiger partial charge is 0.187 e. The standard InChI is InChI=1S/C68H40N6/c1-70-46-23-19-22-45(41-46)64-65(71-55-32-10-2-24-47(55)48-25-3-11-33-56(48)71)63(44-21-18-20-43(40-44)42-69)66(72-57-34-12-4-26-49(57)50-27-5-13-35-58(50)72)68(74-61-38-16-8-30-53(61)54-31-9-17-39-62(54)74)67(64)73-59-36-14-6-28-51(59)52-29-7-15-37-60(52)73/h2-41H. The number of nitriles is 1. The van der Waals surface area contributed by atoms with Crippen molar-refractivity contribution in [2.45, 2.75) is 0 Å².